The van der Waals surface area contributed by atoms with Crippen molar-refractivity contribution in [2.45, 2.75) is 97.7 Å². The third kappa shape index (κ3) is 3.43. The molecule has 4 aliphatic carbocycles. The van der Waals surface area contributed by atoms with Crippen molar-refractivity contribution in [3.8, 4) is 0 Å². The highest BCUT2D eigenvalue weighted by atomic mass is 16.6. The normalized spacial score (nSPS) is 46.6. The zero-order chi connectivity index (χ0) is 25.4. The van der Waals surface area contributed by atoms with Gasteiger partial charge < -0.3 is 24.4 Å². The van der Waals surface area contributed by atoms with Crippen molar-refractivity contribution < 1.29 is 38.8 Å². The molecule has 1 spiro atoms. The maximum atomic E-state index is 12.3. The average Bonchev–Trinajstić information content (AvgIpc) is 2.85. The smallest absolute Gasteiger partial charge is 0.302 e. The number of aliphatic hydroxyl groups is 2. The van der Waals surface area contributed by atoms with E-state index in [0.29, 0.717) is 24.8 Å². The molecular formula is C26H38O8. The standard InChI is InChI=1S/C26H38O8/c1-12-16-8-17(30)21-25(7)20(34-15(4)29)9-19(33-14(3)28)24(5,6)22(25)18(32-13(2)27)11-26(21,10-16)23(12)31/h16-23,30-31H,1,8-11H2,2-7H3/t16-,17+,18+,19+,20+,21+,22-,23-,25+,26-/m1/s1. The van der Waals surface area contributed by atoms with Crippen LogP contribution < -0.4 is 0 Å². The van der Waals surface area contributed by atoms with Crippen molar-refractivity contribution in [1.82, 2.24) is 0 Å². The molecule has 8 nitrogen and oxygen atoms in total. The summed E-state index contributed by atoms with van der Waals surface area (Å²) < 4.78 is 17.6. The van der Waals surface area contributed by atoms with Gasteiger partial charge in [-0.3, -0.25) is 14.4 Å². The maximum absolute atomic E-state index is 12.3. The van der Waals surface area contributed by atoms with Crippen molar-refractivity contribution in [2.24, 2.45) is 34.0 Å². The zero-order valence-electron chi connectivity index (χ0n) is 21.0. The van der Waals surface area contributed by atoms with Crippen LogP contribution in [0.25, 0.3) is 0 Å². The summed E-state index contributed by atoms with van der Waals surface area (Å²) in [5.41, 5.74) is -1.58. The van der Waals surface area contributed by atoms with Crippen molar-refractivity contribution in [1.29, 1.82) is 0 Å². The Bertz CT molecular complexity index is 910. The molecule has 0 heterocycles. The van der Waals surface area contributed by atoms with Gasteiger partial charge in [-0.15, -0.1) is 0 Å². The summed E-state index contributed by atoms with van der Waals surface area (Å²) in [4.78, 5) is 36.5. The van der Waals surface area contributed by atoms with Crippen LogP contribution in [0.2, 0.25) is 0 Å². The van der Waals surface area contributed by atoms with E-state index in [1.54, 1.807) is 0 Å². The van der Waals surface area contributed by atoms with Gasteiger partial charge in [0.25, 0.3) is 0 Å². The van der Waals surface area contributed by atoms with Gasteiger partial charge in [0.15, 0.2) is 0 Å². The second kappa shape index (κ2) is 8.05. The van der Waals surface area contributed by atoms with E-state index in [1.165, 1.54) is 20.8 Å². The van der Waals surface area contributed by atoms with Crippen molar-refractivity contribution in [3.05, 3.63) is 12.2 Å². The highest BCUT2D eigenvalue weighted by Crippen LogP contribution is 2.73. The lowest BCUT2D eigenvalue weighted by Gasteiger charge is -2.68. The summed E-state index contributed by atoms with van der Waals surface area (Å²) in [7, 11) is 0. The molecule has 10 atom stereocenters. The topological polar surface area (TPSA) is 119 Å². The number of carbonyl (C=O) groups excluding carboxylic acids is 3. The summed E-state index contributed by atoms with van der Waals surface area (Å²) in [6.45, 7) is 14.1. The summed E-state index contributed by atoms with van der Waals surface area (Å²) in [5.74, 6) is -2.22. The molecule has 0 amide bonds. The number of hydrogen-bond acceptors (Lipinski definition) is 8. The predicted molar refractivity (Wildman–Crippen MR) is 121 cm³/mol. The van der Waals surface area contributed by atoms with E-state index in [0.717, 1.165) is 0 Å². The van der Waals surface area contributed by atoms with E-state index in [9.17, 15) is 24.6 Å². The van der Waals surface area contributed by atoms with Crippen LogP contribution in [-0.4, -0.2) is 58.6 Å². The molecule has 190 valence electrons. The second-order valence-corrected chi connectivity index (χ2v) is 11.8. The SMILES string of the molecule is C=C1[C@@H]2C[C@H](O)[C@@H]3[C@@](C2)(C[C@H](OC(C)=O)[C@@H]2C(C)(C)[C@@H](OC(C)=O)C[C@H](OC(C)=O)[C@]23C)[C@@H]1O. The molecule has 4 aliphatic rings. The second-order valence-electron chi connectivity index (χ2n) is 11.8. The molecule has 2 N–H and O–H groups in total. The predicted octanol–water partition coefficient (Wildman–Crippen LogP) is 2.54. The molecule has 0 radical (unpaired) electrons. The highest BCUT2D eigenvalue weighted by molar-refractivity contribution is 5.67. The van der Waals surface area contributed by atoms with Gasteiger partial charge in [0.05, 0.1) is 12.2 Å². The van der Waals surface area contributed by atoms with Crippen molar-refractivity contribution in [3.63, 3.8) is 0 Å². The molecule has 0 saturated heterocycles. The van der Waals surface area contributed by atoms with Crippen LogP contribution in [0.1, 0.15) is 67.2 Å². The third-order valence-electron chi connectivity index (χ3n) is 9.56. The van der Waals surface area contributed by atoms with Crippen LogP contribution in [0, 0.1) is 34.0 Å². The van der Waals surface area contributed by atoms with E-state index in [1.807, 2.05) is 20.8 Å². The Kier molecular flexibility index (Phi) is 5.96. The largest absolute Gasteiger partial charge is 0.462 e. The van der Waals surface area contributed by atoms with Crippen LogP contribution >= 0.6 is 0 Å². The van der Waals surface area contributed by atoms with E-state index in [4.69, 9.17) is 14.2 Å². The molecule has 34 heavy (non-hydrogen) atoms. The number of fused-ring (bicyclic) bond motifs is 3. The van der Waals surface area contributed by atoms with Crippen LogP contribution in [0.15, 0.2) is 12.2 Å². The van der Waals surface area contributed by atoms with Gasteiger partial charge in [-0.2, -0.15) is 0 Å². The first kappa shape index (κ1) is 25.2. The fourth-order valence-electron chi connectivity index (χ4n) is 8.81. The van der Waals surface area contributed by atoms with E-state index in [-0.39, 0.29) is 12.3 Å². The molecular weight excluding hydrogens is 440 g/mol. The quantitative estimate of drug-likeness (QED) is 0.361. The van der Waals surface area contributed by atoms with Gasteiger partial charge >= 0.3 is 17.9 Å². The fraction of sp³-hybridized carbons (Fsp3) is 0.808. The number of hydrogen-bond donors (Lipinski definition) is 2. The lowest BCUT2D eigenvalue weighted by Crippen LogP contribution is -2.73. The molecule has 0 aromatic carbocycles. The van der Waals surface area contributed by atoms with Gasteiger partial charge in [0.1, 0.15) is 18.3 Å². The minimum Gasteiger partial charge on any atom is -0.462 e. The molecule has 8 heteroatoms. The molecule has 0 unspecified atom stereocenters. The molecule has 4 fully saturated rings. The van der Waals surface area contributed by atoms with Crippen LogP contribution in [0.3, 0.4) is 0 Å². The van der Waals surface area contributed by atoms with Gasteiger partial charge in [0, 0.05) is 55.3 Å². The molecule has 4 saturated carbocycles. The zero-order valence-corrected chi connectivity index (χ0v) is 21.0. The minimum atomic E-state index is -0.861. The number of esters is 3. The van der Waals surface area contributed by atoms with Gasteiger partial charge in [0.2, 0.25) is 0 Å². The van der Waals surface area contributed by atoms with E-state index < -0.39 is 76.5 Å². The summed E-state index contributed by atoms with van der Waals surface area (Å²) >= 11 is 0. The van der Waals surface area contributed by atoms with Crippen molar-refractivity contribution in [2.75, 3.05) is 0 Å². The Balaban J connectivity index is 1.94. The molecule has 0 aromatic heterocycles. The first-order chi connectivity index (χ1) is 15.7. The van der Waals surface area contributed by atoms with Gasteiger partial charge in [-0.05, 0) is 30.8 Å². The summed E-state index contributed by atoms with van der Waals surface area (Å²) in [6.07, 6.45) is -1.81. The highest BCUT2D eigenvalue weighted by Gasteiger charge is 2.75. The number of carbonyl (C=O) groups is 3. The first-order valence-corrected chi connectivity index (χ1v) is 12.2. The van der Waals surface area contributed by atoms with Gasteiger partial charge in [-0.25, -0.2) is 0 Å². The summed E-state index contributed by atoms with van der Waals surface area (Å²) in [5, 5.41) is 23.0. The maximum Gasteiger partial charge on any atom is 0.302 e. The summed E-state index contributed by atoms with van der Waals surface area (Å²) in [6, 6.07) is 0. The Labute approximate surface area is 201 Å². The Morgan fingerprint density at radius 3 is 1.97 bits per heavy atom. The third-order valence-corrected chi connectivity index (χ3v) is 9.56. The molecule has 2 bridgehead atoms. The Hall–Kier alpha value is -1.93. The van der Waals surface area contributed by atoms with Crippen LogP contribution in [0.4, 0.5) is 0 Å². The molecule has 0 aromatic rings. The minimum absolute atomic E-state index is 0.0167. The Morgan fingerprint density at radius 1 is 0.853 bits per heavy atom. The molecule has 4 rings (SSSR count). The van der Waals surface area contributed by atoms with Crippen molar-refractivity contribution >= 4 is 17.9 Å². The van der Waals surface area contributed by atoms with E-state index in [2.05, 4.69) is 6.58 Å². The van der Waals surface area contributed by atoms with Crippen LogP contribution in [0.5, 0.6) is 0 Å². The number of aliphatic hydroxyl groups excluding tert-OH is 2. The van der Waals surface area contributed by atoms with E-state index >= 15 is 0 Å². The lowest BCUT2D eigenvalue weighted by molar-refractivity contribution is -0.294. The van der Waals surface area contributed by atoms with Crippen LogP contribution in [-0.2, 0) is 28.6 Å². The number of ether oxygens (including phenoxy) is 3. The lowest BCUT2D eigenvalue weighted by atomic mass is 9.38. The Morgan fingerprint density at radius 2 is 1.41 bits per heavy atom. The van der Waals surface area contributed by atoms with Gasteiger partial charge in [-0.1, -0.05) is 27.4 Å². The monoisotopic (exact) mass is 478 g/mol. The molecule has 0 aliphatic heterocycles. The fourth-order valence-corrected chi connectivity index (χ4v) is 8.81. The average molecular weight is 479 g/mol. The first-order valence-electron chi connectivity index (χ1n) is 12.2. The number of rotatable bonds is 3.